The van der Waals surface area contributed by atoms with Gasteiger partial charge < -0.3 is 90.6 Å². The highest BCUT2D eigenvalue weighted by Gasteiger charge is 2.21. The van der Waals surface area contributed by atoms with Crippen LogP contribution in [-0.4, -0.2) is 136 Å². The molecular weight excluding hydrogens is 1740 g/mol. The summed E-state index contributed by atoms with van der Waals surface area (Å²) < 4.78 is 110. The molecule has 12 aromatic carbocycles. The Balaban J connectivity index is 0.000000646. The number of hydrogen-bond acceptors (Lipinski definition) is 24. The minimum absolute atomic E-state index is 0.108. The van der Waals surface area contributed by atoms with Gasteiger partial charge in [0.25, 0.3) is 0 Å². The Hall–Kier alpha value is -8.16. The highest BCUT2D eigenvalue weighted by molar-refractivity contribution is 7.97. The molecule has 0 amide bonds. The summed E-state index contributed by atoms with van der Waals surface area (Å²) in [5.74, 6) is 2.99. The van der Waals surface area contributed by atoms with E-state index < -0.39 is 50.0 Å². The molecule has 12 rings (SSSR count). The van der Waals surface area contributed by atoms with Crippen LogP contribution in [0.5, 0.6) is 69.0 Å². The van der Waals surface area contributed by atoms with Crippen molar-refractivity contribution in [2.75, 3.05) is 75.1 Å². The molecule has 42 heteroatoms. The van der Waals surface area contributed by atoms with Gasteiger partial charge in [0.1, 0.15) is 144 Å². The third-order valence-corrected chi connectivity index (χ3v) is 21.7. The van der Waals surface area contributed by atoms with Crippen LogP contribution in [0.4, 0.5) is 25.2 Å². The molecular formula is C72H78F6O24P6S6+6. The van der Waals surface area contributed by atoms with E-state index in [0.717, 1.165) is 64.6 Å². The molecule has 0 aliphatic rings. The maximum Gasteiger partial charge on any atom is 0.540 e. The van der Waals surface area contributed by atoms with Gasteiger partial charge in [-0.15, -0.1) is 0 Å². The summed E-state index contributed by atoms with van der Waals surface area (Å²) in [5, 5.41) is 125. The molecule has 0 spiro atoms. The van der Waals surface area contributed by atoms with E-state index in [1.165, 1.54) is 29.4 Å². The van der Waals surface area contributed by atoms with Crippen molar-refractivity contribution in [1.82, 2.24) is 0 Å². The number of halogens is 6. The zero-order valence-electron chi connectivity index (χ0n) is 62.0. The van der Waals surface area contributed by atoms with Crippen molar-refractivity contribution >= 4 is 180 Å². The lowest BCUT2D eigenvalue weighted by Gasteiger charge is -2.05. The average Bonchev–Trinajstić information content (AvgIpc) is 0.839. The maximum absolute atomic E-state index is 9.95. The molecule has 24 nitrogen and oxygen atoms in total. The lowest BCUT2D eigenvalue weighted by molar-refractivity contribution is -0.175. The summed E-state index contributed by atoms with van der Waals surface area (Å²) in [5.41, 5.74) is 0. The number of hydrogen-bond donors (Lipinski definition) is 12. The van der Waals surface area contributed by atoms with Crippen LogP contribution in [0.2, 0.25) is 0 Å². The van der Waals surface area contributed by atoms with E-state index in [9.17, 15) is 86.5 Å². The van der Waals surface area contributed by atoms with E-state index in [1.807, 2.05) is 36.4 Å². The zero-order valence-corrected chi connectivity index (χ0v) is 72.3. The highest BCUT2D eigenvalue weighted by Crippen LogP contribution is 2.39. The molecule has 6 unspecified atom stereocenters. The first-order valence-electron chi connectivity index (χ1n) is 30.9. The molecule has 12 N–H and O–H groups in total. The number of phenols is 12. The standard InChI is InChI=1S/6C12H12O2S.6FO2P/c6*1-15(2)12-6-5-11(14)9-4-3-8(13)7-10(9)12;6*1-4(2)3/h6*3-7H,1-2H3,(H-,13,14);;;;;;/p+6. The lowest BCUT2D eigenvalue weighted by Crippen LogP contribution is -1.96. The summed E-state index contributed by atoms with van der Waals surface area (Å²) in [4.78, 5) is 57.2. The number of rotatable bonds is 6. The topological polar surface area (TPSA) is 484 Å². The first-order valence-corrected chi connectivity index (χ1v) is 49.6. The van der Waals surface area contributed by atoms with Crippen LogP contribution < -0.4 is 29.4 Å². The van der Waals surface area contributed by atoms with E-state index >= 15 is 0 Å². The van der Waals surface area contributed by atoms with Crippen molar-refractivity contribution in [3.05, 3.63) is 182 Å². The summed E-state index contributed by atoms with van der Waals surface area (Å²) in [6.45, 7) is 0. The van der Waals surface area contributed by atoms with E-state index in [-0.39, 0.29) is 134 Å². The van der Waals surface area contributed by atoms with Crippen LogP contribution in [0.25, 0.3) is 64.6 Å². The number of fused-ring (bicyclic) bond motifs is 6. The Labute approximate surface area is 674 Å². The lowest BCUT2D eigenvalue weighted by atomic mass is 10.1. The van der Waals surface area contributed by atoms with Gasteiger partial charge in [0.05, 0.1) is 25.2 Å². The van der Waals surface area contributed by atoms with E-state index in [4.69, 9.17) is 56.8 Å². The fourth-order valence-corrected chi connectivity index (χ4v) is 15.6. The highest BCUT2D eigenvalue weighted by atomic mass is 32.2. The van der Waals surface area contributed by atoms with E-state index in [2.05, 4.69) is 75.1 Å². The van der Waals surface area contributed by atoms with Crippen LogP contribution in [0, 0.1) is 0 Å². The Kier molecular flexibility index (Phi) is 47.1. The van der Waals surface area contributed by atoms with Crippen LogP contribution in [0.3, 0.4) is 0 Å². The van der Waals surface area contributed by atoms with Gasteiger partial charge in [-0.05, 0) is 209 Å². The molecule has 0 aromatic heterocycles. The fraction of sp³-hybridized carbons (Fsp3) is 0.167. The van der Waals surface area contributed by atoms with Crippen LogP contribution in [0.15, 0.2) is 211 Å². The molecule has 6 atom stereocenters. The molecule has 0 heterocycles. The fourth-order valence-electron chi connectivity index (χ4n) is 9.90. The van der Waals surface area contributed by atoms with Crippen molar-refractivity contribution in [1.29, 1.82) is 0 Å². The SMILES string of the molecule is C[S+](C)c1ccc(O)c2ccc(O)cc12.C[S+](C)c1ccc(O)c2ccc(O)cc12.C[S+](C)c1ccc(O)c2ccc(O)cc12.C[S+](C)c1ccc(O)c2ccc(O)cc12.C[S+](C)c1ccc(O)c2ccc(O)cc12.C[S+](C)c1ccc(O)c2ccc(O)cc12.O=[P+]([O-])F.O=[P+]([O-])F.O=[P+]([O-])F.O=[P+]([O-])F.O=[P+]([O-])F.O=[P+]([O-])F. The molecule has 0 saturated carbocycles. The van der Waals surface area contributed by atoms with Crippen molar-refractivity contribution < 1.29 is 143 Å². The van der Waals surface area contributed by atoms with Crippen LogP contribution >= 0.6 is 50.0 Å². The predicted molar refractivity (Wildman–Crippen MR) is 441 cm³/mol. The van der Waals surface area contributed by atoms with Gasteiger partial charge in [-0.25, -0.2) is 0 Å². The van der Waals surface area contributed by atoms with Gasteiger partial charge in [0.2, 0.25) is 0 Å². The Morgan fingerprint density at radius 3 is 0.377 bits per heavy atom. The number of benzene rings is 12. The molecule has 0 fully saturated rings. The van der Waals surface area contributed by atoms with Crippen molar-refractivity contribution in [3.8, 4) is 69.0 Å². The third-order valence-electron chi connectivity index (χ3n) is 14.3. The second kappa shape index (κ2) is 51.7. The summed E-state index contributed by atoms with van der Waals surface area (Å²) in [7, 11) is -21.1. The first-order chi connectivity index (χ1) is 52.9. The molecule has 114 heavy (non-hydrogen) atoms. The molecule has 12 aromatic rings. The molecule has 0 aliphatic heterocycles. The average molecular weight is 1820 g/mol. The Morgan fingerprint density at radius 1 is 0.193 bits per heavy atom. The van der Waals surface area contributed by atoms with E-state index in [1.54, 1.807) is 146 Å². The van der Waals surface area contributed by atoms with Crippen LogP contribution in [-0.2, 0) is 92.8 Å². The summed E-state index contributed by atoms with van der Waals surface area (Å²) in [6.07, 6.45) is 25.5. The van der Waals surface area contributed by atoms with Gasteiger partial charge in [0.15, 0.2) is 29.4 Å². The van der Waals surface area contributed by atoms with Crippen molar-refractivity contribution in [2.24, 2.45) is 0 Å². The number of phenolic OH excluding ortho intramolecular Hbond substituents is 12. The number of aromatic hydroxyl groups is 12. The normalized spacial score (nSPS) is 11.1. The van der Waals surface area contributed by atoms with Gasteiger partial charge >= 0.3 is 50.0 Å². The summed E-state index contributed by atoms with van der Waals surface area (Å²) >= 11 is 0. The molecule has 0 bridgehead atoms. The molecule has 612 valence electrons. The second-order valence-corrected chi connectivity index (χ2v) is 38.0. The van der Waals surface area contributed by atoms with Gasteiger partial charge in [0, 0.05) is 130 Å². The largest absolute Gasteiger partial charge is 0.562 e. The van der Waals surface area contributed by atoms with E-state index in [0.29, 0.717) is 0 Å². The van der Waals surface area contributed by atoms with Crippen molar-refractivity contribution in [2.45, 2.75) is 29.4 Å². The summed E-state index contributed by atoms with van der Waals surface area (Å²) in [6, 6.07) is 52.0. The Morgan fingerprint density at radius 2 is 0.289 bits per heavy atom. The van der Waals surface area contributed by atoms with Crippen LogP contribution in [0.1, 0.15) is 0 Å². The van der Waals surface area contributed by atoms with Gasteiger partial charge in [-0.1, -0.05) is 0 Å². The third kappa shape index (κ3) is 37.2. The molecule has 0 aliphatic carbocycles. The zero-order chi connectivity index (χ0) is 87.5. The Bertz CT molecular complexity index is 4430. The minimum atomic E-state index is -3.62. The predicted octanol–water partition coefficient (Wildman–Crippen LogP) is 14.8. The van der Waals surface area contributed by atoms with Gasteiger partial charge in [-0.3, -0.25) is 0 Å². The molecule has 0 saturated heterocycles. The monoisotopic (exact) mass is 1820 g/mol. The van der Waals surface area contributed by atoms with Crippen molar-refractivity contribution in [3.63, 3.8) is 0 Å². The van der Waals surface area contributed by atoms with Gasteiger partial charge in [-0.2, -0.15) is 0 Å². The smallest absolute Gasteiger partial charge is 0.540 e. The second-order valence-electron chi connectivity index (χ2n) is 23.1. The quantitative estimate of drug-likeness (QED) is 0.0418. The maximum atomic E-state index is 9.95. The molecule has 0 radical (unpaired) electrons. The first kappa shape index (κ1) is 104. The minimum Gasteiger partial charge on any atom is -0.562 e.